The summed E-state index contributed by atoms with van der Waals surface area (Å²) >= 11 is 0. The van der Waals surface area contributed by atoms with Gasteiger partial charge in [-0.15, -0.1) is 0 Å². The number of morpholine rings is 1. The summed E-state index contributed by atoms with van der Waals surface area (Å²) in [6.07, 6.45) is -3.96. The van der Waals surface area contributed by atoms with Crippen molar-refractivity contribution in [2.24, 2.45) is 26.4 Å². The van der Waals surface area contributed by atoms with Crippen LogP contribution in [0.1, 0.15) is 16.8 Å². The van der Waals surface area contributed by atoms with Crippen LogP contribution in [0.3, 0.4) is 0 Å². The number of pyridine rings is 1. The minimum atomic E-state index is -4.62. The predicted molar refractivity (Wildman–Crippen MR) is 162 cm³/mol. The lowest BCUT2D eigenvalue weighted by molar-refractivity contribution is -0.141. The normalized spacial score (nSPS) is 18.0. The van der Waals surface area contributed by atoms with Gasteiger partial charge in [0.2, 0.25) is 12.1 Å². The lowest BCUT2D eigenvalue weighted by Crippen LogP contribution is -2.43. The number of para-hydroxylation sites is 1. The number of aromatic nitrogens is 1. The molecule has 0 radical (unpaired) electrons. The first-order valence-electron chi connectivity index (χ1n) is 13.6. The van der Waals surface area contributed by atoms with Gasteiger partial charge in [-0.2, -0.15) is 18.2 Å². The maximum absolute atomic E-state index is 13.1. The molecule has 1 aromatic heterocycles. The van der Waals surface area contributed by atoms with Crippen LogP contribution < -0.4 is 16.8 Å². The van der Waals surface area contributed by atoms with Gasteiger partial charge < -0.3 is 31.2 Å². The molecule has 15 heteroatoms. The Morgan fingerprint density at radius 1 is 1.09 bits per heavy atom. The summed E-state index contributed by atoms with van der Waals surface area (Å²) in [7, 11) is 0. The molecular formula is C30H28F3N9O3. The molecule has 1 saturated heterocycles. The number of fused-ring (bicyclic) bond motifs is 1. The second-order valence-electron chi connectivity index (χ2n) is 9.67. The van der Waals surface area contributed by atoms with Crippen LogP contribution in [0.25, 0.3) is 0 Å². The van der Waals surface area contributed by atoms with Gasteiger partial charge >= 0.3 is 6.18 Å². The molecule has 0 saturated carbocycles. The molecule has 0 aliphatic carbocycles. The number of carbonyl (C=O) groups excluding carboxylic acids is 1. The molecule has 5 rings (SSSR count). The first kappa shape index (κ1) is 30.9. The first-order valence-corrected chi connectivity index (χ1v) is 13.6. The van der Waals surface area contributed by atoms with Gasteiger partial charge in [0.05, 0.1) is 42.1 Å². The van der Waals surface area contributed by atoms with Gasteiger partial charge in [-0.3, -0.25) is 10.2 Å². The predicted octanol–water partition coefficient (Wildman–Crippen LogP) is 3.43. The van der Waals surface area contributed by atoms with Crippen LogP contribution in [0.4, 0.5) is 24.5 Å². The maximum atomic E-state index is 13.1. The van der Waals surface area contributed by atoms with Crippen LogP contribution in [0.15, 0.2) is 99.7 Å². The largest absolute Gasteiger partial charge is 0.433 e. The molecule has 3 heterocycles. The zero-order valence-corrected chi connectivity index (χ0v) is 23.7. The SMILES string of the molecule is N=C(OC(N)=N[C@H]1N=C(c2ccccc2)c2ccccc2NC1=O)C(=CN)C(=Nc1ccc(C(F)(F)F)nc1)N1CCOCC1. The van der Waals surface area contributed by atoms with Crippen molar-refractivity contribution >= 4 is 40.7 Å². The number of hydrogen-bond donors (Lipinski definition) is 4. The minimum Gasteiger partial charge on any atom is -0.407 e. The van der Waals surface area contributed by atoms with Gasteiger partial charge in [0.25, 0.3) is 11.9 Å². The summed E-state index contributed by atoms with van der Waals surface area (Å²) in [5.41, 5.74) is 13.4. The number of hydrogen-bond acceptors (Lipinski definition) is 9. The Labute approximate surface area is 255 Å². The van der Waals surface area contributed by atoms with Crippen molar-refractivity contribution in [1.29, 1.82) is 5.41 Å². The lowest BCUT2D eigenvalue weighted by atomic mass is 10.0. The van der Waals surface area contributed by atoms with E-state index in [0.29, 0.717) is 43.3 Å². The average molecular weight is 620 g/mol. The van der Waals surface area contributed by atoms with E-state index in [2.05, 4.69) is 25.3 Å². The molecule has 2 aliphatic rings. The average Bonchev–Trinajstić information content (AvgIpc) is 3.17. The number of anilines is 1. The zero-order chi connectivity index (χ0) is 32.0. The van der Waals surface area contributed by atoms with Crippen molar-refractivity contribution in [2.75, 3.05) is 31.6 Å². The van der Waals surface area contributed by atoms with Crippen LogP contribution in [-0.2, 0) is 20.4 Å². The first-order chi connectivity index (χ1) is 21.6. The number of amidine groups is 2. The molecule has 1 fully saturated rings. The van der Waals surface area contributed by atoms with E-state index in [1.165, 1.54) is 0 Å². The minimum absolute atomic E-state index is 0.0406. The summed E-state index contributed by atoms with van der Waals surface area (Å²) in [5.74, 6) is -1.04. The van der Waals surface area contributed by atoms with Crippen molar-refractivity contribution in [1.82, 2.24) is 9.88 Å². The number of nitrogens with zero attached hydrogens (tertiary/aromatic N) is 5. The number of carbonyl (C=O) groups is 1. The van der Waals surface area contributed by atoms with Gasteiger partial charge in [-0.1, -0.05) is 48.5 Å². The van der Waals surface area contributed by atoms with Crippen LogP contribution in [-0.4, -0.2) is 71.7 Å². The van der Waals surface area contributed by atoms with E-state index in [4.69, 9.17) is 26.4 Å². The smallest absolute Gasteiger partial charge is 0.407 e. The molecular weight excluding hydrogens is 591 g/mol. The highest BCUT2D eigenvalue weighted by Gasteiger charge is 2.32. The molecule has 2 aliphatic heterocycles. The standard InChI is InChI=1S/C30H28F3N9O3/c31-30(32,33)23-11-10-19(17-37-23)38-27(42-12-14-44-15-13-42)21(16-34)25(35)45-29(36)41-26-28(43)39-22-9-5-4-8-20(22)24(40-26)18-6-2-1-3-7-18/h1-11,16-17,26,35H,12-15,34H2,(H2,36,41)(H,39,43)/t26-/m1/s1. The number of ether oxygens (including phenoxy) is 2. The van der Waals surface area contributed by atoms with Crippen LogP contribution in [0.2, 0.25) is 0 Å². The molecule has 6 N–H and O–H groups in total. The number of aliphatic imine (C=N–C) groups is 3. The third kappa shape index (κ3) is 7.33. The molecule has 0 bridgehead atoms. The summed E-state index contributed by atoms with van der Waals surface area (Å²) in [6, 6.07) is 17.8. The van der Waals surface area contributed by atoms with Crippen LogP contribution in [0, 0.1) is 5.41 Å². The molecule has 45 heavy (non-hydrogen) atoms. The van der Waals surface area contributed by atoms with E-state index in [1.807, 2.05) is 42.5 Å². The zero-order valence-electron chi connectivity index (χ0n) is 23.7. The highest BCUT2D eigenvalue weighted by molar-refractivity contribution is 6.22. The van der Waals surface area contributed by atoms with Crippen molar-refractivity contribution in [3.05, 3.63) is 102 Å². The van der Waals surface area contributed by atoms with E-state index < -0.39 is 35.9 Å². The number of nitrogens with one attached hydrogen (secondary N) is 2. The monoisotopic (exact) mass is 619 g/mol. The Balaban J connectivity index is 1.43. The second kappa shape index (κ2) is 13.4. The van der Waals surface area contributed by atoms with E-state index >= 15 is 0 Å². The van der Waals surface area contributed by atoms with Gasteiger partial charge in [0.1, 0.15) is 11.5 Å². The Morgan fingerprint density at radius 3 is 2.47 bits per heavy atom. The second-order valence-corrected chi connectivity index (χ2v) is 9.67. The van der Waals surface area contributed by atoms with Crippen molar-refractivity contribution in [3.63, 3.8) is 0 Å². The quantitative estimate of drug-likeness (QED) is 0.250. The van der Waals surface area contributed by atoms with E-state index in [-0.39, 0.29) is 17.1 Å². The Hall–Kier alpha value is -5.57. The molecule has 232 valence electrons. The molecule has 2 aromatic carbocycles. The highest BCUT2D eigenvalue weighted by Crippen LogP contribution is 2.29. The number of benzene rings is 2. The lowest BCUT2D eigenvalue weighted by Gasteiger charge is -2.30. The molecule has 12 nitrogen and oxygen atoms in total. The summed E-state index contributed by atoms with van der Waals surface area (Å²) < 4.78 is 50.0. The van der Waals surface area contributed by atoms with Crippen molar-refractivity contribution in [3.8, 4) is 0 Å². The Kier molecular flexibility index (Phi) is 9.18. The summed E-state index contributed by atoms with van der Waals surface area (Å²) in [5, 5.41) is 11.4. The number of amides is 1. The van der Waals surface area contributed by atoms with E-state index in [0.717, 1.165) is 30.1 Å². The number of alkyl halides is 3. The van der Waals surface area contributed by atoms with Crippen molar-refractivity contribution in [2.45, 2.75) is 12.3 Å². The van der Waals surface area contributed by atoms with E-state index in [1.54, 1.807) is 17.0 Å². The molecule has 0 spiro atoms. The number of rotatable bonds is 5. The van der Waals surface area contributed by atoms with Crippen molar-refractivity contribution < 1.29 is 27.4 Å². The summed E-state index contributed by atoms with van der Waals surface area (Å²) in [6.45, 7) is 1.36. The van der Waals surface area contributed by atoms with Gasteiger partial charge in [0.15, 0.2) is 0 Å². The van der Waals surface area contributed by atoms with Crippen LogP contribution in [0.5, 0.6) is 0 Å². The fourth-order valence-electron chi connectivity index (χ4n) is 4.54. The van der Waals surface area contributed by atoms with Crippen LogP contribution >= 0.6 is 0 Å². The third-order valence-electron chi connectivity index (χ3n) is 6.67. The fraction of sp³-hybridized carbons (Fsp3) is 0.200. The Morgan fingerprint density at radius 2 is 1.80 bits per heavy atom. The molecule has 1 atom stereocenters. The molecule has 1 amide bonds. The number of nitrogens with two attached hydrogens (primary N) is 2. The Bertz CT molecular complexity index is 1680. The van der Waals surface area contributed by atoms with Gasteiger partial charge in [-0.05, 0) is 18.2 Å². The third-order valence-corrected chi connectivity index (χ3v) is 6.67. The molecule has 0 unspecified atom stereocenters. The topological polar surface area (TPSA) is 177 Å². The van der Waals surface area contributed by atoms with Gasteiger partial charge in [0, 0.05) is 30.4 Å². The number of halogens is 3. The van der Waals surface area contributed by atoms with Gasteiger partial charge in [-0.25, -0.2) is 15.0 Å². The number of benzodiazepines with no additional fused rings is 1. The summed E-state index contributed by atoms with van der Waals surface area (Å²) in [4.78, 5) is 31.5. The maximum Gasteiger partial charge on any atom is 0.433 e. The fourth-order valence-corrected chi connectivity index (χ4v) is 4.54. The molecule has 3 aromatic rings. The highest BCUT2D eigenvalue weighted by atomic mass is 19.4. The van der Waals surface area contributed by atoms with E-state index in [9.17, 15) is 18.0 Å².